The highest BCUT2D eigenvalue weighted by molar-refractivity contribution is 14.2. The minimum Gasteiger partial charge on any atom is -0.324 e. The maximum atomic E-state index is 12.9. The molecule has 0 radical (unpaired) electrons. The minimum absolute atomic E-state index is 0.136. The summed E-state index contributed by atoms with van der Waals surface area (Å²) in [6.07, 6.45) is 3.57. The van der Waals surface area contributed by atoms with Crippen molar-refractivity contribution in [2.45, 2.75) is 13.5 Å². The minimum atomic E-state index is -0.166. The van der Waals surface area contributed by atoms with Crippen molar-refractivity contribution in [1.29, 1.82) is 0 Å². The number of nitrogens with one attached hydrogen (secondary N) is 2. The normalized spacial score (nSPS) is 16.1. The molecule has 0 aliphatic carbocycles. The van der Waals surface area contributed by atoms with Crippen molar-refractivity contribution < 1.29 is 4.79 Å². The zero-order valence-corrected chi connectivity index (χ0v) is 23.1. The molecule has 1 aromatic heterocycles. The number of amides is 1. The number of aryl methyl sites for hydroxylation is 1. The maximum Gasteiger partial charge on any atom is 0.255 e. The van der Waals surface area contributed by atoms with Gasteiger partial charge in [-0.1, -0.05) is 38.9 Å². The molecule has 2 N–H and O–H groups in total. The number of likely N-dealkylation sites (N-methyl/N-ethyl adjacent to an activating group) is 1. The molecule has 2 aliphatic rings. The average Bonchev–Trinajstić information content (AvgIpc) is 2.93. The fourth-order valence-electron chi connectivity index (χ4n) is 4.15. The molecule has 2 aliphatic heterocycles. The third-order valence-corrected chi connectivity index (χ3v) is 8.09. The van der Waals surface area contributed by atoms with Crippen LogP contribution in [0.3, 0.4) is 0 Å². The first-order valence-corrected chi connectivity index (χ1v) is 14.7. The van der Waals surface area contributed by atoms with E-state index >= 15 is 0 Å². The van der Waals surface area contributed by atoms with Gasteiger partial charge in [0.05, 0.1) is 9.92 Å². The van der Waals surface area contributed by atoms with Gasteiger partial charge in [-0.15, -0.1) is 0 Å². The number of allylic oxidation sites excluding steroid dienone is 1. The predicted molar refractivity (Wildman–Crippen MR) is 160 cm³/mol. The summed E-state index contributed by atoms with van der Waals surface area (Å²) in [5.74, 6) is 0.366. The smallest absolute Gasteiger partial charge is 0.255 e. The van der Waals surface area contributed by atoms with Crippen LogP contribution in [-0.4, -0.2) is 67.1 Å². The summed E-state index contributed by atoms with van der Waals surface area (Å²) in [5, 5.41) is 6.32. The summed E-state index contributed by atoms with van der Waals surface area (Å²) in [7, 11) is 2.16. The van der Waals surface area contributed by atoms with Gasteiger partial charge in [0.15, 0.2) is 0 Å². The topological polar surface area (TPSA) is 85.8 Å². The lowest BCUT2D eigenvalue weighted by Gasteiger charge is -2.32. The molecule has 5 rings (SSSR count). The molecule has 37 heavy (non-hydrogen) atoms. The number of benzene rings is 2. The fraction of sp³-hybridized carbons (Fsp3) is 0.250. The molecule has 0 saturated carbocycles. The van der Waals surface area contributed by atoms with Crippen molar-refractivity contribution in [3.05, 3.63) is 83.3 Å². The van der Waals surface area contributed by atoms with E-state index in [4.69, 9.17) is 0 Å². The first kappa shape index (κ1) is 25.4. The van der Waals surface area contributed by atoms with Crippen LogP contribution in [0.1, 0.15) is 27.2 Å². The molecule has 1 amide bonds. The van der Waals surface area contributed by atoms with Gasteiger partial charge < -0.3 is 15.5 Å². The second-order valence-electron chi connectivity index (χ2n) is 9.22. The fourth-order valence-corrected chi connectivity index (χ4v) is 5.53. The van der Waals surface area contributed by atoms with Crippen molar-refractivity contribution >= 4 is 57.8 Å². The number of carbonyl (C=O) groups excluding carboxylic acids is 1. The standard InChI is InChI=1S/C28H30IN7O/c1-20-3-8-24(15-26(20)34-28-31-10-9-25(33-28)23-16-29-19-30-17-23)32-27(37)22-6-4-21(5-7-22)18-36-13-11-35(2)12-14-36/h3-10,15-17,19H,11-14,18H2,1-2H3,(H,32,37)(H,31,33,34). The summed E-state index contributed by atoms with van der Waals surface area (Å²) in [6, 6.07) is 15.6. The third kappa shape index (κ3) is 6.73. The average molecular weight is 608 g/mol. The summed E-state index contributed by atoms with van der Waals surface area (Å²) >= 11 is -0.166. The Labute approximate surface area is 227 Å². The van der Waals surface area contributed by atoms with Gasteiger partial charge in [0.2, 0.25) is 5.95 Å². The molecular weight excluding hydrogens is 577 g/mol. The van der Waals surface area contributed by atoms with E-state index in [1.165, 1.54) is 5.56 Å². The van der Waals surface area contributed by atoms with Crippen LogP contribution >= 0.6 is 20.7 Å². The number of piperazine rings is 1. The van der Waals surface area contributed by atoms with E-state index in [0.717, 1.165) is 55.2 Å². The Morgan fingerprint density at radius 3 is 2.62 bits per heavy atom. The van der Waals surface area contributed by atoms with E-state index in [9.17, 15) is 4.79 Å². The quantitative estimate of drug-likeness (QED) is 0.380. The lowest BCUT2D eigenvalue weighted by molar-refractivity contribution is 0.102. The van der Waals surface area contributed by atoms with Gasteiger partial charge in [-0.25, -0.2) is 9.97 Å². The van der Waals surface area contributed by atoms with Gasteiger partial charge in [-0.05, 0) is 59.4 Å². The van der Waals surface area contributed by atoms with Crippen molar-refractivity contribution in [3.63, 3.8) is 0 Å². The molecule has 3 aromatic rings. The van der Waals surface area contributed by atoms with E-state index in [1.807, 2.05) is 65.9 Å². The van der Waals surface area contributed by atoms with Gasteiger partial charge in [-0.2, -0.15) is 0 Å². The first-order valence-electron chi connectivity index (χ1n) is 12.2. The van der Waals surface area contributed by atoms with E-state index in [0.29, 0.717) is 17.2 Å². The molecule has 8 nitrogen and oxygen atoms in total. The zero-order chi connectivity index (χ0) is 25.6. The molecule has 2 aromatic carbocycles. The molecule has 0 bridgehead atoms. The number of nitrogens with zero attached hydrogens (tertiary/aromatic N) is 5. The SMILES string of the molecule is Cc1ccc(NC(=O)c2ccc(CN3CCN(C)CC3)cc2)cc1Nc1nccc(C2=CN=CI=C2)n1. The van der Waals surface area contributed by atoms with Gasteiger partial charge in [0.25, 0.3) is 5.91 Å². The molecule has 190 valence electrons. The molecule has 9 heteroatoms. The summed E-state index contributed by atoms with van der Waals surface area (Å²) < 4.78 is 4.16. The summed E-state index contributed by atoms with van der Waals surface area (Å²) in [4.78, 5) is 31.0. The number of anilines is 3. The molecule has 3 heterocycles. The molecule has 1 saturated heterocycles. The number of carbonyl (C=O) groups is 1. The first-order chi connectivity index (χ1) is 18.0. The predicted octanol–water partition coefficient (Wildman–Crippen LogP) is 4.68. The number of aromatic nitrogens is 2. The third-order valence-electron chi connectivity index (χ3n) is 6.42. The summed E-state index contributed by atoms with van der Waals surface area (Å²) in [5.41, 5.74) is 6.29. The van der Waals surface area contributed by atoms with Crippen LogP contribution in [0, 0.1) is 6.92 Å². The highest BCUT2D eigenvalue weighted by Gasteiger charge is 2.14. The second kappa shape index (κ2) is 11.8. The van der Waals surface area contributed by atoms with E-state index in [1.54, 1.807) is 6.20 Å². The Morgan fingerprint density at radius 1 is 1.05 bits per heavy atom. The molecule has 0 spiro atoms. The van der Waals surface area contributed by atoms with Gasteiger partial charge in [0.1, 0.15) is 0 Å². The Morgan fingerprint density at radius 2 is 1.86 bits per heavy atom. The number of hydrogen-bond donors (Lipinski definition) is 2. The van der Waals surface area contributed by atoms with Crippen LogP contribution in [0.2, 0.25) is 0 Å². The highest BCUT2D eigenvalue weighted by atomic mass is 127. The Balaban J connectivity index is 1.23. The van der Waals surface area contributed by atoms with Crippen LogP contribution in [-0.2, 0) is 6.54 Å². The molecule has 0 atom stereocenters. The van der Waals surface area contributed by atoms with Crippen LogP contribution in [0.15, 0.2) is 65.9 Å². The van der Waals surface area contributed by atoms with Crippen LogP contribution in [0.5, 0.6) is 0 Å². The lowest BCUT2D eigenvalue weighted by Crippen LogP contribution is -2.43. The Kier molecular flexibility index (Phi) is 8.12. The van der Waals surface area contributed by atoms with Crippen molar-refractivity contribution in [2.75, 3.05) is 43.9 Å². The van der Waals surface area contributed by atoms with E-state index in [2.05, 4.69) is 46.5 Å². The van der Waals surface area contributed by atoms with Crippen molar-refractivity contribution in [2.24, 2.45) is 4.99 Å². The monoisotopic (exact) mass is 607 g/mol. The maximum absolute atomic E-state index is 12.9. The van der Waals surface area contributed by atoms with E-state index < -0.39 is 0 Å². The lowest BCUT2D eigenvalue weighted by atomic mass is 10.1. The Bertz CT molecular complexity index is 1360. The van der Waals surface area contributed by atoms with Crippen molar-refractivity contribution in [3.8, 4) is 0 Å². The van der Waals surface area contributed by atoms with Crippen LogP contribution < -0.4 is 10.6 Å². The largest absolute Gasteiger partial charge is 0.324 e. The number of hydrogen-bond acceptors (Lipinski definition) is 7. The molecular formula is C28H30IN7O. The van der Waals surface area contributed by atoms with Crippen molar-refractivity contribution in [1.82, 2.24) is 19.8 Å². The number of halogens is 1. The van der Waals surface area contributed by atoms with Gasteiger partial charge in [-0.3, -0.25) is 14.7 Å². The second-order valence-corrected chi connectivity index (χ2v) is 11.1. The number of aliphatic imine (C=N–C) groups is 1. The van der Waals surface area contributed by atoms with Crippen LogP contribution in [0.4, 0.5) is 17.3 Å². The summed E-state index contributed by atoms with van der Waals surface area (Å²) in [6.45, 7) is 7.26. The highest BCUT2D eigenvalue weighted by Crippen LogP contribution is 2.24. The molecule has 0 unspecified atom stereocenters. The molecule has 1 fully saturated rings. The van der Waals surface area contributed by atoms with Crippen LogP contribution in [0.25, 0.3) is 5.57 Å². The zero-order valence-electron chi connectivity index (χ0n) is 21.0. The number of rotatable bonds is 7. The Hall–Kier alpha value is -3.28. The van der Waals surface area contributed by atoms with Gasteiger partial charge in [0, 0.05) is 67.6 Å². The van der Waals surface area contributed by atoms with Gasteiger partial charge >= 0.3 is 0 Å². The van der Waals surface area contributed by atoms with E-state index in [-0.39, 0.29) is 26.6 Å².